The van der Waals surface area contributed by atoms with E-state index in [0.717, 1.165) is 17.7 Å². The van der Waals surface area contributed by atoms with Crippen LogP contribution in [0.5, 0.6) is 0 Å². The lowest BCUT2D eigenvalue weighted by molar-refractivity contribution is 0.0429. The van der Waals surface area contributed by atoms with E-state index in [4.69, 9.17) is 19.8 Å². The van der Waals surface area contributed by atoms with Gasteiger partial charge in [0.15, 0.2) is 11.3 Å². The van der Waals surface area contributed by atoms with E-state index in [2.05, 4.69) is 20.3 Å². The van der Waals surface area contributed by atoms with E-state index >= 15 is 0 Å². The Labute approximate surface area is 212 Å². The van der Waals surface area contributed by atoms with Gasteiger partial charge in [0.1, 0.15) is 28.7 Å². The Bertz CT molecular complexity index is 1490. The number of hydrogen-bond donors (Lipinski definition) is 1. The maximum absolute atomic E-state index is 13.4. The molecule has 5 rings (SSSR count). The third kappa shape index (κ3) is 4.66. The number of carbonyl (C=O) groups is 2. The summed E-state index contributed by atoms with van der Waals surface area (Å²) in [6.07, 6.45) is 3.36. The number of fused-ring (bicyclic) bond motifs is 2. The van der Waals surface area contributed by atoms with Crippen LogP contribution in [0.2, 0.25) is 0 Å². The largest absolute Gasteiger partial charge is 0.443 e. The summed E-state index contributed by atoms with van der Waals surface area (Å²) in [5.41, 5.74) is 7.41. The van der Waals surface area contributed by atoms with Crippen LogP contribution in [0.1, 0.15) is 60.4 Å². The van der Waals surface area contributed by atoms with Gasteiger partial charge in [0, 0.05) is 23.4 Å². The summed E-state index contributed by atoms with van der Waals surface area (Å²) in [4.78, 5) is 36.6. The zero-order valence-electron chi connectivity index (χ0n) is 21.6. The number of nitrogen functional groups attached to an aromatic ring is 1. The second-order valence-electron chi connectivity index (χ2n) is 11.0. The predicted octanol–water partition coefficient (Wildman–Crippen LogP) is 5.23. The average Bonchev–Trinajstić information content (AvgIpc) is 3.34. The number of aromatic nitrogens is 5. The lowest BCUT2D eigenvalue weighted by Gasteiger charge is -2.28. The second kappa shape index (κ2) is 8.43. The molecule has 194 valence electrons. The summed E-state index contributed by atoms with van der Waals surface area (Å²) in [6.45, 7) is 10.3. The first kappa shape index (κ1) is 24.5. The van der Waals surface area contributed by atoms with Crippen LogP contribution in [0, 0.1) is 0 Å². The van der Waals surface area contributed by atoms with Gasteiger partial charge in [-0.25, -0.2) is 24.2 Å². The lowest BCUT2D eigenvalue weighted by Crippen LogP contribution is -2.44. The lowest BCUT2D eigenvalue weighted by atomic mass is 10.0. The summed E-state index contributed by atoms with van der Waals surface area (Å²) in [5.74, 6) is 0.0318. The predicted molar refractivity (Wildman–Crippen MR) is 136 cm³/mol. The molecule has 3 aromatic heterocycles. The van der Waals surface area contributed by atoms with E-state index in [1.54, 1.807) is 53.7 Å². The molecule has 3 heterocycles. The van der Waals surface area contributed by atoms with Crippen molar-refractivity contribution in [3.63, 3.8) is 0 Å². The molecule has 0 aliphatic heterocycles. The summed E-state index contributed by atoms with van der Waals surface area (Å²) < 4.78 is 18.2. The van der Waals surface area contributed by atoms with Crippen molar-refractivity contribution in [2.24, 2.45) is 0 Å². The molecular formula is C25H29N7O5. The van der Waals surface area contributed by atoms with Gasteiger partial charge in [0.2, 0.25) is 0 Å². The topological polar surface area (TPSA) is 151 Å². The van der Waals surface area contributed by atoms with E-state index < -0.39 is 23.4 Å². The van der Waals surface area contributed by atoms with Crippen LogP contribution >= 0.6 is 0 Å². The molecule has 1 aliphatic rings. The molecule has 0 spiro atoms. The van der Waals surface area contributed by atoms with Crippen molar-refractivity contribution in [1.29, 1.82) is 0 Å². The fourth-order valence-electron chi connectivity index (χ4n) is 4.04. The maximum Gasteiger partial charge on any atom is 0.425 e. The molecule has 2 amide bonds. The first-order valence-electron chi connectivity index (χ1n) is 12.0. The number of anilines is 2. The van der Waals surface area contributed by atoms with E-state index in [-0.39, 0.29) is 11.9 Å². The van der Waals surface area contributed by atoms with E-state index in [0.29, 0.717) is 38.9 Å². The van der Waals surface area contributed by atoms with Crippen LogP contribution in [-0.2, 0) is 9.47 Å². The number of amides is 2. The Balaban J connectivity index is 1.78. The Morgan fingerprint density at radius 1 is 0.973 bits per heavy atom. The molecule has 0 radical (unpaired) electrons. The van der Waals surface area contributed by atoms with E-state index in [1.165, 1.54) is 6.33 Å². The summed E-state index contributed by atoms with van der Waals surface area (Å²) in [7, 11) is 0. The smallest absolute Gasteiger partial charge is 0.425 e. The highest BCUT2D eigenvalue weighted by Crippen LogP contribution is 2.44. The van der Waals surface area contributed by atoms with Gasteiger partial charge in [0.05, 0.1) is 11.1 Å². The molecule has 1 saturated carbocycles. The highest BCUT2D eigenvalue weighted by atomic mass is 16.6. The van der Waals surface area contributed by atoms with E-state index in [9.17, 15) is 9.59 Å². The molecule has 2 N–H and O–H groups in total. The molecule has 0 unspecified atom stereocenters. The number of hydrogen-bond acceptors (Lipinski definition) is 10. The molecule has 0 saturated heterocycles. The number of imide groups is 1. The van der Waals surface area contributed by atoms with Crippen molar-refractivity contribution in [2.75, 3.05) is 10.6 Å². The quantitative estimate of drug-likeness (QED) is 0.365. The van der Waals surface area contributed by atoms with Crippen LogP contribution in [0.4, 0.5) is 21.1 Å². The average molecular weight is 508 g/mol. The van der Waals surface area contributed by atoms with Crippen LogP contribution in [-0.4, -0.2) is 48.2 Å². The molecular weight excluding hydrogens is 478 g/mol. The van der Waals surface area contributed by atoms with Gasteiger partial charge in [-0.05, 0) is 76.8 Å². The molecule has 1 aliphatic carbocycles. The molecule has 12 nitrogen and oxygen atoms in total. The second-order valence-corrected chi connectivity index (χ2v) is 11.0. The van der Waals surface area contributed by atoms with Crippen LogP contribution < -0.4 is 10.6 Å². The normalized spacial score (nSPS) is 14.2. The van der Waals surface area contributed by atoms with Crippen molar-refractivity contribution in [3.05, 3.63) is 24.7 Å². The van der Waals surface area contributed by atoms with Crippen LogP contribution in [0.25, 0.3) is 33.2 Å². The van der Waals surface area contributed by atoms with Gasteiger partial charge in [-0.2, -0.15) is 4.90 Å². The monoisotopic (exact) mass is 507 g/mol. The third-order valence-corrected chi connectivity index (χ3v) is 5.63. The first-order valence-corrected chi connectivity index (χ1v) is 12.0. The Morgan fingerprint density at radius 2 is 1.59 bits per heavy atom. The Morgan fingerprint density at radius 3 is 2.19 bits per heavy atom. The van der Waals surface area contributed by atoms with Crippen molar-refractivity contribution in [2.45, 2.75) is 71.6 Å². The summed E-state index contributed by atoms with van der Waals surface area (Å²) in [5, 5.41) is 8.45. The highest BCUT2D eigenvalue weighted by Gasteiger charge is 2.37. The van der Waals surface area contributed by atoms with Gasteiger partial charge in [-0.1, -0.05) is 0 Å². The highest BCUT2D eigenvalue weighted by molar-refractivity contribution is 6.17. The number of nitrogens with two attached hydrogens (primary N) is 1. The molecule has 0 bridgehead atoms. The minimum atomic E-state index is -0.919. The first-order chi connectivity index (χ1) is 17.3. The maximum atomic E-state index is 13.4. The van der Waals surface area contributed by atoms with Crippen LogP contribution in [0.3, 0.4) is 0 Å². The van der Waals surface area contributed by atoms with Crippen molar-refractivity contribution < 1.29 is 23.7 Å². The fraction of sp³-hybridized carbons (Fsp3) is 0.440. The third-order valence-electron chi connectivity index (χ3n) is 5.63. The van der Waals surface area contributed by atoms with Gasteiger partial charge in [0.25, 0.3) is 0 Å². The fourth-order valence-corrected chi connectivity index (χ4v) is 4.04. The number of benzene rings is 1. The Hall–Kier alpha value is -4.22. The molecule has 1 aromatic carbocycles. The number of nitrogens with zero attached hydrogens (tertiary/aromatic N) is 6. The standard InChI is InChI=1S/C25H29N7O5/c1-24(2,3)35-22(33)32(23(34)36-25(4,5)6)21-17-15(11-31(13-7-8-13)20(17)27-12-28-21)14-9-10-16(26)19-18(14)29-37-30-19/h9-13H,7-8,26H2,1-6H3. The molecule has 1 fully saturated rings. The summed E-state index contributed by atoms with van der Waals surface area (Å²) in [6, 6.07) is 3.72. The number of ether oxygens (including phenoxy) is 2. The zero-order chi connectivity index (χ0) is 26.7. The number of rotatable bonds is 3. The molecule has 12 heteroatoms. The molecule has 4 aromatic rings. The van der Waals surface area contributed by atoms with Gasteiger partial charge in [-0.3, -0.25) is 0 Å². The molecule has 37 heavy (non-hydrogen) atoms. The SMILES string of the molecule is CC(C)(C)OC(=O)N(C(=O)OC(C)(C)C)c1ncnc2c1c(-c1ccc(N)c3nonc13)cn2C1CC1. The number of carbonyl (C=O) groups excluding carboxylic acids is 2. The minimum absolute atomic E-state index is 0.0318. The van der Waals surface area contributed by atoms with Crippen molar-refractivity contribution in [3.8, 4) is 11.1 Å². The van der Waals surface area contributed by atoms with Crippen LogP contribution in [0.15, 0.2) is 29.3 Å². The van der Waals surface area contributed by atoms with Gasteiger partial charge in [-0.15, -0.1) is 0 Å². The van der Waals surface area contributed by atoms with Gasteiger partial charge >= 0.3 is 12.2 Å². The van der Waals surface area contributed by atoms with Crippen molar-refractivity contribution in [1.82, 2.24) is 24.8 Å². The van der Waals surface area contributed by atoms with Crippen molar-refractivity contribution >= 4 is 45.8 Å². The molecule has 0 atom stereocenters. The summed E-state index contributed by atoms with van der Waals surface area (Å²) >= 11 is 0. The minimum Gasteiger partial charge on any atom is -0.443 e. The van der Waals surface area contributed by atoms with E-state index in [1.807, 2.05) is 10.8 Å². The zero-order valence-corrected chi connectivity index (χ0v) is 21.6. The van der Waals surface area contributed by atoms with Gasteiger partial charge < -0.3 is 19.8 Å². The Kier molecular flexibility index (Phi) is 5.57.